The third-order valence-corrected chi connectivity index (χ3v) is 4.02. The highest BCUT2D eigenvalue weighted by Crippen LogP contribution is 2.64. The highest BCUT2D eigenvalue weighted by Gasteiger charge is 2.54. The van der Waals surface area contributed by atoms with Crippen LogP contribution in [0.4, 0.5) is 8.78 Å². The summed E-state index contributed by atoms with van der Waals surface area (Å²) in [5.41, 5.74) is -3.70. The maximum absolute atomic E-state index is 13.8. The second kappa shape index (κ2) is 6.23. The molecule has 1 unspecified atom stereocenters. The predicted molar refractivity (Wildman–Crippen MR) is 61.3 cm³/mol. The Bertz CT molecular complexity index is 265. The molecule has 0 amide bonds. The molecule has 104 valence electrons. The number of rotatable bonds is 7. The lowest BCUT2D eigenvalue weighted by molar-refractivity contribution is -0.0129. The first kappa shape index (κ1) is 17.0. The first-order valence-electron chi connectivity index (χ1n) is 5.53. The zero-order valence-electron chi connectivity index (χ0n) is 10.8. The largest absolute Gasteiger partial charge is 0.400 e. The number of hydrogen-bond acceptors (Lipinski definition) is 4. The van der Waals surface area contributed by atoms with E-state index >= 15 is 0 Å². The normalized spacial score (nSPS) is 15.6. The maximum Gasteiger partial charge on any atom is 0.400 e. The molecule has 0 bridgehead atoms. The molecule has 1 atom stereocenters. The van der Waals surface area contributed by atoms with E-state index in [0.29, 0.717) is 0 Å². The van der Waals surface area contributed by atoms with Gasteiger partial charge < -0.3 is 14.2 Å². The van der Waals surface area contributed by atoms with Crippen LogP contribution in [0.15, 0.2) is 0 Å². The Hall–Kier alpha value is -0.0300. The van der Waals surface area contributed by atoms with Gasteiger partial charge in [-0.3, -0.25) is 4.57 Å². The van der Waals surface area contributed by atoms with E-state index in [0.717, 1.165) is 0 Å². The first-order chi connectivity index (χ1) is 7.50. The van der Waals surface area contributed by atoms with Crippen molar-refractivity contribution in [2.24, 2.45) is 0 Å². The van der Waals surface area contributed by atoms with Crippen molar-refractivity contribution in [3.05, 3.63) is 0 Å². The molecule has 0 aliphatic heterocycles. The molecule has 1 N–H and O–H groups in total. The van der Waals surface area contributed by atoms with Crippen molar-refractivity contribution in [1.82, 2.24) is 0 Å². The van der Waals surface area contributed by atoms with Crippen LogP contribution in [0, 0.1) is 0 Å². The SMILES string of the molecule is CC(O)CC(F)(F)P(=O)(OC(C)C)OC(C)C. The molecule has 17 heavy (non-hydrogen) atoms. The van der Waals surface area contributed by atoms with Gasteiger partial charge in [-0.2, -0.15) is 8.78 Å². The number of aliphatic hydroxyl groups excluding tert-OH is 1. The minimum Gasteiger partial charge on any atom is -0.393 e. The summed E-state index contributed by atoms with van der Waals surface area (Å²) < 4.78 is 49.2. The van der Waals surface area contributed by atoms with Gasteiger partial charge in [0.05, 0.1) is 18.3 Å². The summed E-state index contributed by atoms with van der Waals surface area (Å²) in [6.45, 7) is 7.18. The Labute approximate surface area is 101 Å². The third kappa shape index (κ3) is 5.42. The average Bonchev–Trinajstić information content (AvgIpc) is 1.96. The van der Waals surface area contributed by atoms with Gasteiger partial charge in [-0.1, -0.05) is 0 Å². The van der Waals surface area contributed by atoms with E-state index in [1.807, 2.05) is 0 Å². The fourth-order valence-electron chi connectivity index (χ4n) is 1.20. The van der Waals surface area contributed by atoms with Gasteiger partial charge in [0, 0.05) is 6.42 Å². The molecule has 0 radical (unpaired) electrons. The lowest BCUT2D eigenvalue weighted by atomic mass is 10.3. The lowest BCUT2D eigenvalue weighted by Gasteiger charge is -2.29. The molecule has 0 aliphatic carbocycles. The molecular formula is C10H21F2O4P. The Kier molecular flexibility index (Phi) is 6.22. The molecule has 0 aromatic carbocycles. The van der Waals surface area contributed by atoms with Crippen LogP contribution in [-0.4, -0.2) is 29.1 Å². The van der Waals surface area contributed by atoms with E-state index in [4.69, 9.17) is 14.2 Å². The van der Waals surface area contributed by atoms with Crippen molar-refractivity contribution in [3.8, 4) is 0 Å². The maximum atomic E-state index is 13.8. The molecular weight excluding hydrogens is 253 g/mol. The van der Waals surface area contributed by atoms with Crippen LogP contribution in [-0.2, 0) is 13.6 Å². The Morgan fingerprint density at radius 2 is 1.47 bits per heavy atom. The number of halogens is 2. The summed E-state index contributed by atoms with van der Waals surface area (Å²) in [6.07, 6.45) is -3.55. The topological polar surface area (TPSA) is 55.8 Å². The van der Waals surface area contributed by atoms with E-state index in [9.17, 15) is 13.3 Å². The smallest absolute Gasteiger partial charge is 0.393 e. The fraction of sp³-hybridized carbons (Fsp3) is 1.00. The second-order valence-corrected chi connectivity index (χ2v) is 6.60. The molecule has 0 saturated carbocycles. The van der Waals surface area contributed by atoms with Crippen molar-refractivity contribution in [2.45, 2.75) is 65.0 Å². The molecule has 0 rings (SSSR count). The van der Waals surface area contributed by atoms with Crippen molar-refractivity contribution in [2.75, 3.05) is 0 Å². The van der Waals surface area contributed by atoms with Gasteiger partial charge in [-0.15, -0.1) is 0 Å². The molecule has 4 nitrogen and oxygen atoms in total. The van der Waals surface area contributed by atoms with Gasteiger partial charge in [0.1, 0.15) is 0 Å². The van der Waals surface area contributed by atoms with Crippen molar-refractivity contribution < 1.29 is 27.5 Å². The summed E-state index contributed by atoms with van der Waals surface area (Å²) in [5.74, 6) is 0. The summed E-state index contributed by atoms with van der Waals surface area (Å²) >= 11 is 0. The summed E-state index contributed by atoms with van der Waals surface area (Å²) in [6, 6.07) is 0. The molecule has 0 heterocycles. The predicted octanol–water partition coefficient (Wildman–Crippen LogP) is 3.39. The van der Waals surface area contributed by atoms with Crippen LogP contribution in [0.3, 0.4) is 0 Å². The van der Waals surface area contributed by atoms with Gasteiger partial charge in [0.2, 0.25) is 0 Å². The van der Waals surface area contributed by atoms with E-state index in [-0.39, 0.29) is 0 Å². The average molecular weight is 274 g/mol. The van der Waals surface area contributed by atoms with Crippen LogP contribution in [0.5, 0.6) is 0 Å². The van der Waals surface area contributed by atoms with Crippen LogP contribution in [0.1, 0.15) is 41.0 Å². The van der Waals surface area contributed by atoms with Gasteiger partial charge in [0.15, 0.2) is 0 Å². The standard InChI is InChI=1S/C10H21F2O4P/c1-7(2)15-17(14,16-8(3)4)10(11,12)6-9(5)13/h7-9,13H,6H2,1-5H3. The van der Waals surface area contributed by atoms with Crippen LogP contribution < -0.4 is 0 Å². The molecule has 0 spiro atoms. The third-order valence-electron chi connectivity index (χ3n) is 1.64. The molecule has 0 aromatic heterocycles. The van der Waals surface area contributed by atoms with Gasteiger partial charge in [-0.25, -0.2) is 0 Å². The van der Waals surface area contributed by atoms with E-state index < -0.39 is 38.0 Å². The van der Waals surface area contributed by atoms with E-state index in [1.165, 1.54) is 34.6 Å². The first-order valence-corrected chi connectivity index (χ1v) is 7.07. The highest BCUT2D eigenvalue weighted by molar-refractivity contribution is 7.55. The fourth-order valence-corrected chi connectivity index (χ4v) is 3.16. The number of aliphatic hydroxyl groups is 1. The van der Waals surface area contributed by atoms with Gasteiger partial charge >= 0.3 is 13.3 Å². The number of hydrogen-bond donors (Lipinski definition) is 1. The molecule has 0 saturated heterocycles. The Balaban J connectivity index is 5.08. The van der Waals surface area contributed by atoms with Gasteiger partial charge in [-0.05, 0) is 34.6 Å². The molecule has 7 heteroatoms. The highest BCUT2D eigenvalue weighted by atomic mass is 31.2. The lowest BCUT2D eigenvalue weighted by Crippen LogP contribution is -2.27. The minimum absolute atomic E-state index is 0.653. The minimum atomic E-state index is -4.58. The zero-order chi connectivity index (χ0) is 13.9. The van der Waals surface area contributed by atoms with Crippen molar-refractivity contribution in [3.63, 3.8) is 0 Å². The monoisotopic (exact) mass is 274 g/mol. The van der Waals surface area contributed by atoms with Crippen molar-refractivity contribution in [1.29, 1.82) is 0 Å². The zero-order valence-corrected chi connectivity index (χ0v) is 11.7. The molecule has 0 aromatic rings. The van der Waals surface area contributed by atoms with Gasteiger partial charge in [0.25, 0.3) is 0 Å². The van der Waals surface area contributed by atoms with E-state index in [2.05, 4.69) is 0 Å². The molecule has 0 fully saturated rings. The summed E-state index contributed by atoms with van der Waals surface area (Å²) in [4.78, 5) is 0. The number of alkyl halides is 2. The van der Waals surface area contributed by atoms with Crippen LogP contribution in [0.2, 0.25) is 0 Å². The Morgan fingerprint density at radius 1 is 1.12 bits per heavy atom. The van der Waals surface area contributed by atoms with Crippen LogP contribution >= 0.6 is 7.60 Å². The summed E-state index contributed by atoms with van der Waals surface area (Å²) in [7, 11) is -4.58. The molecule has 0 aliphatic rings. The van der Waals surface area contributed by atoms with Crippen LogP contribution in [0.25, 0.3) is 0 Å². The summed E-state index contributed by atoms with van der Waals surface area (Å²) in [5, 5.41) is 9.01. The van der Waals surface area contributed by atoms with E-state index in [1.54, 1.807) is 0 Å². The Morgan fingerprint density at radius 3 is 1.71 bits per heavy atom. The van der Waals surface area contributed by atoms with Crippen molar-refractivity contribution >= 4 is 7.60 Å². The quantitative estimate of drug-likeness (QED) is 0.723. The second-order valence-electron chi connectivity index (χ2n) is 4.52.